The van der Waals surface area contributed by atoms with E-state index in [2.05, 4.69) is 36.5 Å². The predicted octanol–water partition coefficient (Wildman–Crippen LogP) is 4.55. The Kier molecular flexibility index (Phi) is 10.3. The molecular weight excluding hydrogens is 521 g/mol. The Morgan fingerprint density at radius 3 is 2.64 bits per heavy atom. The van der Waals surface area contributed by atoms with Crippen LogP contribution in [0.2, 0.25) is 5.15 Å². The molecule has 0 saturated carbocycles. The third-order valence-corrected chi connectivity index (χ3v) is 4.11. The first-order valence-corrected chi connectivity index (χ1v) is 8.82. The third kappa shape index (κ3) is 7.87. The lowest BCUT2D eigenvalue weighted by Crippen LogP contribution is -2.38. The number of halogens is 4. The van der Waals surface area contributed by atoms with Gasteiger partial charge in [-0.3, -0.25) is 0 Å². The van der Waals surface area contributed by atoms with Crippen molar-refractivity contribution >= 4 is 57.5 Å². The quantitative estimate of drug-likeness (QED) is 0.244. The van der Waals surface area contributed by atoms with Gasteiger partial charge in [-0.2, -0.15) is 0 Å². The Balaban J connectivity index is 0.00000312. The summed E-state index contributed by atoms with van der Waals surface area (Å²) < 4.78 is 14.0. The minimum absolute atomic E-state index is 0. The van der Waals surface area contributed by atoms with Crippen molar-refractivity contribution < 1.29 is 4.39 Å². The van der Waals surface area contributed by atoms with Gasteiger partial charge in [-0.1, -0.05) is 23.7 Å². The van der Waals surface area contributed by atoms with Gasteiger partial charge in [0, 0.05) is 19.3 Å². The van der Waals surface area contributed by atoms with Crippen LogP contribution in [0, 0.1) is 5.82 Å². The second-order valence-electron chi connectivity index (χ2n) is 5.11. The number of benzene rings is 1. The van der Waals surface area contributed by atoms with Crippen LogP contribution in [-0.2, 0) is 13.0 Å². The molecule has 2 rings (SSSR count). The fourth-order valence-corrected chi connectivity index (χ4v) is 2.39. The highest BCUT2D eigenvalue weighted by atomic mass is 127. The average Bonchev–Trinajstić information content (AvgIpc) is 2.57. The monoisotopic (exact) mass is 540 g/mol. The highest BCUT2D eigenvalue weighted by Crippen LogP contribution is 2.16. The second-order valence-corrected chi connectivity index (χ2v) is 6.35. The lowest BCUT2D eigenvalue weighted by atomic mass is 10.2. The Labute approximate surface area is 177 Å². The van der Waals surface area contributed by atoms with Gasteiger partial charge < -0.3 is 10.6 Å². The molecule has 0 amide bonds. The van der Waals surface area contributed by atoms with Crippen molar-refractivity contribution in [2.24, 2.45) is 4.99 Å². The Morgan fingerprint density at radius 1 is 1.24 bits per heavy atom. The van der Waals surface area contributed by atoms with E-state index < -0.39 is 0 Å². The highest BCUT2D eigenvalue weighted by Gasteiger charge is 2.02. The van der Waals surface area contributed by atoms with Crippen LogP contribution < -0.4 is 10.6 Å². The zero-order valence-electron chi connectivity index (χ0n) is 13.7. The van der Waals surface area contributed by atoms with Crippen LogP contribution in [0.1, 0.15) is 18.1 Å². The van der Waals surface area contributed by atoms with Crippen molar-refractivity contribution in [3.05, 3.63) is 63.1 Å². The summed E-state index contributed by atoms with van der Waals surface area (Å²) in [5.74, 6) is 0.415. The van der Waals surface area contributed by atoms with Gasteiger partial charge in [0.1, 0.15) is 11.0 Å². The van der Waals surface area contributed by atoms with E-state index in [-0.39, 0.29) is 29.8 Å². The molecule has 0 unspecified atom stereocenters. The molecule has 1 aromatic carbocycles. The number of aromatic nitrogens is 1. The van der Waals surface area contributed by atoms with Crippen molar-refractivity contribution in [3.63, 3.8) is 0 Å². The molecule has 25 heavy (non-hydrogen) atoms. The van der Waals surface area contributed by atoms with Crippen LogP contribution in [0.25, 0.3) is 0 Å². The van der Waals surface area contributed by atoms with Gasteiger partial charge in [0.15, 0.2) is 5.96 Å². The van der Waals surface area contributed by atoms with E-state index >= 15 is 0 Å². The second kappa shape index (κ2) is 11.6. The smallest absolute Gasteiger partial charge is 0.191 e. The molecule has 0 fully saturated rings. The van der Waals surface area contributed by atoms with E-state index in [1.54, 1.807) is 18.3 Å². The van der Waals surface area contributed by atoms with Gasteiger partial charge in [0.2, 0.25) is 0 Å². The van der Waals surface area contributed by atoms with Crippen molar-refractivity contribution in [2.45, 2.75) is 19.9 Å². The van der Waals surface area contributed by atoms with Crippen molar-refractivity contribution in [1.82, 2.24) is 15.6 Å². The van der Waals surface area contributed by atoms with Gasteiger partial charge in [0.25, 0.3) is 0 Å². The summed E-state index contributed by atoms with van der Waals surface area (Å²) in [6.07, 6.45) is 2.57. The fourth-order valence-electron chi connectivity index (χ4n) is 2.03. The Bertz CT molecular complexity index is 698. The summed E-state index contributed by atoms with van der Waals surface area (Å²) >= 11 is 8.92. The molecule has 2 aromatic rings. The molecule has 0 bridgehead atoms. The minimum Gasteiger partial charge on any atom is -0.357 e. The molecule has 0 spiro atoms. The molecule has 0 aliphatic carbocycles. The first-order chi connectivity index (χ1) is 11.6. The molecule has 0 aliphatic heterocycles. The molecule has 1 heterocycles. The molecule has 2 N–H and O–H groups in total. The van der Waals surface area contributed by atoms with Crippen LogP contribution in [-0.4, -0.2) is 24.0 Å². The minimum atomic E-state index is -0.282. The van der Waals surface area contributed by atoms with E-state index in [1.807, 2.05) is 19.1 Å². The standard InChI is InChI=1S/C17H19BrClFN4.HI/c1-2-21-17(22-8-7-12-4-6-16(19)23-10-12)24-11-13-3-5-14(18)15(20)9-13;/h3-6,9-10H,2,7-8,11H2,1H3,(H2,21,22,24);1H. The maximum Gasteiger partial charge on any atom is 0.191 e. The maximum atomic E-state index is 13.5. The first-order valence-electron chi connectivity index (χ1n) is 7.65. The summed E-state index contributed by atoms with van der Waals surface area (Å²) in [6.45, 7) is 3.87. The zero-order valence-corrected chi connectivity index (χ0v) is 18.4. The largest absolute Gasteiger partial charge is 0.357 e. The van der Waals surface area contributed by atoms with Crippen LogP contribution in [0.5, 0.6) is 0 Å². The molecule has 0 radical (unpaired) electrons. The van der Waals surface area contributed by atoms with Gasteiger partial charge in [-0.25, -0.2) is 14.4 Å². The van der Waals surface area contributed by atoms with E-state index in [0.717, 1.165) is 24.1 Å². The SMILES string of the molecule is CCNC(=NCc1ccc(Br)c(F)c1)NCCc1ccc(Cl)nc1.I. The lowest BCUT2D eigenvalue weighted by Gasteiger charge is -2.11. The number of hydrogen-bond acceptors (Lipinski definition) is 2. The first kappa shape index (κ1) is 22.1. The Morgan fingerprint density at radius 2 is 2.00 bits per heavy atom. The van der Waals surface area contributed by atoms with Crippen molar-refractivity contribution in [3.8, 4) is 0 Å². The predicted molar refractivity (Wildman–Crippen MR) is 115 cm³/mol. The summed E-state index contributed by atoms with van der Waals surface area (Å²) in [6, 6.07) is 8.74. The highest BCUT2D eigenvalue weighted by molar-refractivity contribution is 14.0. The van der Waals surface area contributed by atoms with Gasteiger partial charge in [-0.05, 0) is 58.6 Å². The number of rotatable bonds is 6. The number of nitrogens with one attached hydrogen (secondary N) is 2. The summed E-state index contributed by atoms with van der Waals surface area (Å²) in [7, 11) is 0. The lowest BCUT2D eigenvalue weighted by molar-refractivity contribution is 0.618. The maximum absolute atomic E-state index is 13.5. The number of hydrogen-bond donors (Lipinski definition) is 2. The van der Waals surface area contributed by atoms with Crippen LogP contribution in [0.3, 0.4) is 0 Å². The Hall–Kier alpha value is -0.930. The number of guanidine groups is 1. The van der Waals surface area contributed by atoms with Crippen molar-refractivity contribution in [1.29, 1.82) is 0 Å². The van der Waals surface area contributed by atoms with E-state index in [0.29, 0.717) is 28.7 Å². The molecule has 1 aromatic heterocycles. The molecule has 136 valence electrons. The van der Waals surface area contributed by atoms with Crippen LogP contribution >= 0.6 is 51.5 Å². The summed E-state index contributed by atoms with van der Waals surface area (Å²) in [5, 5.41) is 6.92. The molecule has 0 saturated heterocycles. The number of aliphatic imine (C=N–C) groups is 1. The van der Waals surface area contributed by atoms with E-state index in [4.69, 9.17) is 11.6 Å². The summed E-state index contributed by atoms with van der Waals surface area (Å²) in [5.41, 5.74) is 1.91. The third-order valence-electron chi connectivity index (χ3n) is 3.24. The normalized spacial score (nSPS) is 11.0. The van der Waals surface area contributed by atoms with Gasteiger partial charge >= 0.3 is 0 Å². The van der Waals surface area contributed by atoms with Crippen LogP contribution in [0.4, 0.5) is 4.39 Å². The molecular formula is C17H20BrClFIN4. The molecule has 4 nitrogen and oxygen atoms in total. The van der Waals surface area contributed by atoms with Crippen molar-refractivity contribution in [2.75, 3.05) is 13.1 Å². The van der Waals surface area contributed by atoms with Gasteiger partial charge in [-0.15, -0.1) is 24.0 Å². The fraction of sp³-hybridized carbons (Fsp3) is 0.294. The molecule has 0 atom stereocenters. The van der Waals surface area contributed by atoms with Crippen LogP contribution in [0.15, 0.2) is 46.0 Å². The van der Waals surface area contributed by atoms with E-state index in [1.165, 1.54) is 6.07 Å². The molecule has 8 heteroatoms. The number of nitrogens with zero attached hydrogens (tertiary/aromatic N) is 2. The van der Waals surface area contributed by atoms with Gasteiger partial charge in [0.05, 0.1) is 11.0 Å². The summed E-state index contributed by atoms with van der Waals surface area (Å²) in [4.78, 5) is 8.53. The topological polar surface area (TPSA) is 49.3 Å². The van der Waals surface area contributed by atoms with E-state index in [9.17, 15) is 4.39 Å². The molecule has 0 aliphatic rings. The zero-order chi connectivity index (χ0) is 17.4. The number of pyridine rings is 1. The average molecular weight is 542 g/mol.